The minimum atomic E-state index is -0.817. The van der Waals surface area contributed by atoms with Crippen LogP contribution < -0.4 is 24.6 Å². The Bertz CT molecular complexity index is 1720. The van der Waals surface area contributed by atoms with E-state index in [0.717, 1.165) is 0 Å². The number of ether oxygens (including phenoxy) is 2. The van der Waals surface area contributed by atoms with Crippen molar-refractivity contribution in [1.29, 1.82) is 0 Å². The zero-order valence-corrected chi connectivity index (χ0v) is 23.8. The fraction of sp³-hybridized carbons (Fsp3) is 0.300. The number of benzene rings is 2. The second kappa shape index (κ2) is 11.1. The number of allylic oxidation sites excluding steroid dienone is 1. The van der Waals surface area contributed by atoms with E-state index in [1.807, 2.05) is 56.3 Å². The van der Waals surface area contributed by atoms with Crippen LogP contribution >= 0.6 is 11.3 Å². The number of hydrogen-bond donors (Lipinski definition) is 0. The van der Waals surface area contributed by atoms with E-state index >= 15 is 0 Å². The third kappa shape index (κ3) is 4.90. The van der Waals surface area contributed by atoms with Crippen LogP contribution in [-0.4, -0.2) is 34.9 Å². The van der Waals surface area contributed by atoms with Crippen molar-refractivity contribution in [1.82, 2.24) is 4.57 Å². The van der Waals surface area contributed by atoms with Crippen molar-refractivity contribution in [3.05, 3.63) is 91.1 Å². The van der Waals surface area contributed by atoms with Gasteiger partial charge in [-0.15, -0.1) is 0 Å². The lowest BCUT2D eigenvalue weighted by atomic mass is 9.95. The van der Waals surface area contributed by atoms with Gasteiger partial charge >= 0.3 is 5.97 Å². The fourth-order valence-corrected chi connectivity index (χ4v) is 5.90. The van der Waals surface area contributed by atoms with Gasteiger partial charge in [0, 0.05) is 5.56 Å². The molecular formula is C30H30N4O5S. The quantitative estimate of drug-likeness (QED) is 0.413. The summed E-state index contributed by atoms with van der Waals surface area (Å²) in [6.07, 6.45) is 1.52. The molecule has 10 heteroatoms. The van der Waals surface area contributed by atoms with Crippen LogP contribution in [0.15, 0.2) is 80.8 Å². The molecule has 0 bridgehead atoms. The Morgan fingerprint density at radius 1 is 1.07 bits per heavy atom. The summed E-state index contributed by atoms with van der Waals surface area (Å²) < 4.78 is 13.3. The second-order valence-electron chi connectivity index (χ2n) is 9.73. The molecular weight excluding hydrogens is 528 g/mol. The van der Waals surface area contributed by atoms with Crippen LogP contribution in [0.4, 0.5) is 5.69 Å². The summed E-state index contributed by atoms with van der Waals surface area (Å²) >= 11 is 1.17. The number of aromatic nitrogens is 1. The van der Waals surface area contributed by atoms with Crippen molar-refractivity contribution in [2.45, 2.75) is 46.8 Å². The van der Waals surface area contributed by atoms with Gasteiger partial charge in [-0.05, 0) is 58.9 Å². The van der Waals surface area contributed by atoms with Gasteiger partial charge in [-0.2, -0.15) is 10.1 Å². The molecule has 1 amide bonds. The molecule has 0 saturated carbocycles. The number of amides is 1. The molecule has 5 rings (SSSR count). The fourth-order valence-electron chi connectivity index (χ4n) is 4.84. The molecule has 2 aromatic carbocycles. The lowest BCUT2D eigenvalue weighted by Gasteiger charge is -2.26. The molecule has 2 aliphatic rings. The molecule has 0 fully saturated rings. The minimum absolute atomic E-state index is 0.128. The Labute approximate surface area is 235 Å². The van der Waals surface area contributed by atoms with Crippen LogP contribution in [0, 0.1) is 5.92 Å². The summed E-state index contributed by atoms with van der Waals surface area (Å²) in [6, 6.07) is 15.7. The summed E-state index contributed by atoms with van der Waals surface area (Å²) in [4.78, 5) is 45.6. The van der Waals surface area contributed by atoms with Gasteiger partial charge in [0.05, 0.1) is 39.9 Å². The standard InChI is InChI=1S/C30H30N4O5S/c1-6-38-29(37)25-19(5)31-30-33(26(25)21-14-10-11-15-23(21)39-17(2)3)28(36)24(40-30)16-22-18(4)32-34(27(22)35)20-12-8-7-9-13-20/h7-17,22,26H,6H2,1-5H3/b24-16+/t22-,26-/m1/s1. The number of para-hydroxylation sites is 2. The Kier molecular flexibility index (Phi) is 7.53. The molecule has 3 aromatic rings. The first-order valence-electron chi connectivity index (χ1n) is 13.1. The van der Waals surface area contributed by atoms with E-state index in [-0.39, 0.29) is 29.8 Å². The van der Waals surface area contributed by atoms with E-state index in [2.05, 4.69) is 10.1 Å². The van der Waals surface area contributed by atoms with Gasteiger partial charge in [0.1, 0.15) is 17.7 Å². The smallest absolute Gasteiger partial charge is 0.338 e. The number of carbonyl (C=O) groups excluding carboxylic acids is 2. The maximum atomic E-state index is 14.0. The molecule has 2 aliphatic heterocycles. The molecule has 9 nitrogen and oxygen atoms in total. The maximum Gasteiger partial charge on any atom is 0.338 e. The van der Waals surface area contributed by atoms with E-state index in [1.54, 1.807) is 39.0 Å². The Morgan fingerprint density at radius 2 is 1.77 bits per heavy atom. The van der Waals surface area contributed by atoms with Gasteiger partial charge in [-0.3, -0.25) is 14.2 Å². The molecule has 0 aliphatic carbocycles. The first-order valence-corrected chi connectivity index (χ1v) is 13.9. The van der Waals surface area contributed by atoms with Crippen molar-refractivity contribution in [2.75, 3.05) is 11.6 Å². The average Bonchev–Trinajstić information content (AvgIpc) is 3.38. The van der Waals surface area contributed by atoms with Crippen molar-refractivity contribution < 1.29 is 19.1 Å². The van der Waals surface area contributed by atoms with Crippen molar-refractivity contribution in [3.8, 4) is 5.75 Å². The first-order chi connectivity index (χ1) is 19.2. The monoisotopic (exact) mass is 558 g/mol. The predicted octanol–water partition coefficient (Wildman–Crippen LogP) is 3.58. The Morgan fingerprint density at radius 3 is 2.48 bits per heavy atom. The largest absolute Gasteiger partial charge is 0.491 e. The topological polar surface area (TPSA) is 103 Å². The maximum absolute atomic E-state index is 14.0. The van der Waals surface area contributed by atoms with Crippen LogP contribution in [0.5, 0.6) is 5.75 Å². The third-order valence-corrected chi connectivity index (χ3v) is 7.60. The van der Waals surface area contributed by atoms with Crippen LogP contribution in [0.3, 0.4) is 0 Å². The molecule has 0 radical (unpaired) electrons. The van der Waals surface area contributed by atoms with Crippen molar-refractivity contribution in [3.63, 3.8) is 0 Å². The highest BCUT2D eigenvalue weighted by Crippen LogP contribution is 2.36. The number of thiazole rings is 1. The normalized spacial score (nSPS) is 19.1. The third-order valence-electron chi connectivity index (χ3n) is 6.59. The number of carbonyl (C=O) groups is 2. The number of hydrogen-bond acceptors (Lipinski definition) is 8. The molecule has 1 aromatic heterocycles. The molecule has 0 saturated heterocycles. The number of anilines is 1. The highest BCUT2D eigenvalue weighted by molar-refractivity contribution is 7.07. The summed E-state index contributed by atoms with van der Waals surface area (Å²) in [5, 5.41) is 5.81. The van der Waals surface area contributed by atoms with Gasteiger partial charge in [0.15, 0.2) is 4.80 Å². The number of fused-ring (bicyclic) bond motifs is 1. The van der Waals surface area contributed by atoms with E-state index in [1.165, 1.54) is 20.9 Å². The van der Waals surface area contributed by atoms with Gasteiger partial charge in [-0.25, -0.2) is 9.79 Å². The summed E-state index contributed by atoms with van der Waals surface area (Å²) in [5.41, 5.74) is 2.24. The highest BCUT2D eigenvalue weighted by atomic mass is 32.1. The van der Waals surface area contributed by atoms with Gasteiger partial charge in [0.25, 0.3) is 11.5 Å². The molecule has 3 heterocycles. The van der Waals surface area contributed by atoms with E-state index < -0.39 is 17.9 Å². The predicted molar refractivity (Wildman–Crippen MR) is 154 cm³/mol. The first kappa shape index (κ1) is 27.3. The highest BCUT2D eigenvalue weighted by Gasteiger charge is 2.36. The number of rotatable bonds is 7. The van der Waals surface area contributed by atoms with Crippen LogP contribution in [-0.2, 0) is 14.3 Å². The number of nitrogens with zero attached hydrogens (tertiary/aromatic N) is 4. The molecule has 40 heavy (non-hydrogen) atoms. The average molecular weight is 559 g/mol. The molecule has 0 N–H and O–H groups in total. The zero-order valence-electron chi connectivity index (χ0n) is 23.0. The van der Waals surface area contributed by atoms with Crippen molar-refractivity contribution in [2.24, 2.45) is 16.0 Å². The van der Waals surface area contributed by atoms with Gasteiger partial charge in [-0.1, -0.05) is 47.7 Å². The molecule has 2 atom stereocenters. The zero-order chi connectivity index (χ0) is 28.6. The number of hydrazone groups is 1. The molecule has 0 unspecified atom stereocenters. The molecule has 0 spiro atoms. The summed E-state index contributed by atoms with van der Waals surface area (Å²) in [5.74, 6) is -0.941. The van der Waals surface area contributed by atoms with E-state index in [0.29, 0.717) is 37.7 Å². The number of esters is 1. The van der Waals surface area contributed by atoms with E-state index in [4.69, 9.17) is 9.47 Å². The lowest BCUT2D eigenvalue weighted by molar-refractivity contribution is -0.139. The lowest BCUT2D eigenvalue weighted by Crippen LogP contribution is -2.40. The Hall–Kier alpha value is -4.31. The van der Waals surface area contributed by atoms with Crippen molar-refractivity contribution >= 4 is 40.7 Å². The van der Waals surface area contributed by atoms with Gasteiger partial charge < -0.3 is 9.47 Å². The summed E-state index contributed by atoms with van der Waals surface area (Å²) in [7, 11) is 0. The van der Waals surface area contributed by atoms with Crippen LogP contribution in [0.2, 0.25) is 0 Å². The van der Waals surface area contributed by atoms with E-state index in [9.17, 15) is 14.4 Å². The van der Waals surface area contributed by atoms with Crippen LogP contribution in [0.1, 0.15) is 46.2 Å². The summed E-state index contributed by atoms with van der Waals surface area (Å²) in [6.45, 7) is 9.24. The second-order valence-corrected chi connectivity index (χ2v) is 10.7. The SMILES string of the molecule is CCOC(=O)C1=C(C)N=c2s/c(=C/[C@H]3C(=O)N(c4ccccc4)N=C3C)c(=O)n2[C@@H]1c1ccccc1OC(C)C. The van der Waals surface area contributed by atoms with Crippen LogP contribution in [0.25, 0.3) is 6.08 Å². The van der Waals surface area contributed by atoms with Gasteiger partial charge in [0.2, 0.25) is 0 Å². The molecule has 206 valence electrons. The Balaban J connectivity index is 1.66. The minimum Gasteiger partial charge on any atom is -0.491 e.